The Kier molecular flexibility index (Phi) is 10.8. The molecule has 0 bridgehead atoms. The SMILES string of the molecule is O=C(OCc1ccccc1)N(CC1CCCCC1)CC(O)OS(=O)(=O)[O-].[Na+]. The van der Waals surface area contributed by atoms with Crippen LogP contribution in [-0.4, -0.2) is 48.4 Å². The van der Waals surface area contributed by atoms with Crippen molar-refractivity contribution in [3.8, 4) is 0 Å². The van der Waals surface area contributed by atoms with Gasteiger partial charge in [0.05, 0.1) is 6.54 Å². The summed E-state index contributed by atoms with van der Waals surface area (Å²) < 4.78 is 41.1. The maximum atomic E-state index is 12.4. The normalized spacial score (nSPS) is 16.2. The molecule has 1 N–H and O–H groups in total. The third-order valence-corrected chi connectivity index (χ3v) is 4.73. The summed E-state index contributed by atoms with van der Waals surface area (Å²) in [6, 6.07) is 9.10. The first-order chi connectivity index (χ1) is 12.3. The van der Waals surface area contributed by atoms with Crippen LogP contribution in [0.1, 0.15) is 37.7 Å². The molecule has 1 saturated carbocycles. The van der Waals surface area contributed by atoms with Crippen molar-refractivity contribution < 1.29 is 61.3 Å². The van der Waals surface area contributed by atoms with Crippen LogP contribution >= 0.6 is 0 Å². The summed E-state index contributed by atoms with van der Waals surface area (Å²) in [5.41, 5.74) is 0.803. The van der Waals surface area contributed by atoms with Crippen molar-refractivity contribution in [1.29, 1.82) is 0 Å². The van der Waals surface area contributed by atoms with Gasteiger partial charge in [-0.3, -0.25) is 0 Å². The second kappa shape index (κ2) is 12.0. The van der Waals surface area contributed by atoms with E-state index in [0.717, 1.165) is 37.7 Å². The summed E-state index contributed by atoms with van der Waals surface area (Å²) in [5.74, 6) is 0.240. The Morgan fingerprint density at radius 2 is 1.85 bits per heavy atom. The molecule has 0 spiro atoms. The third-order valence-electron chi connectivity index (χ3n) is 4.27. The first-order valence-corrected chi connectivity index (χ1v) is 9.94. The van der Waals surface area contributed by atoms with Gasteiger partial charge in [0.15, 0.2) is 6.29 Å². The number of amides is 1. The predicted octanol–water partition coefficient (Wildman–Crippen LogP) is -0.995. The molecular weight excluding hydrogens is 385 g/mol. The maximum Gasteiger partial charge on any atom is 1.00 e. The van der Waals surface area contributed by atoms with Crippen LogP contribution in [0.2, 0.25) is 0 Å². The summed E-state index contributed by atoms with van der Waals surface area (Å²) in [5, 5.41) is 9.67. The van der Waals surface area contributed by atoms with Gasteiger partial charge in [0.1, 0.15) is 6.61 Å². The van der Waals surface area contributed by atoms with E-state index in [-0.39, 0.29) is 42.1 Å². The molecule has 0 aromatic heterocycles. The van der Waals surface area contributed by atoms with Crippen LogP contribution in [0, 0.1) is 5.92 Å². The Hall–Kier alpha value is -0.680. The molecule has 1 fully saturated rings. The zero-order valence-corrected chi connectivity index (χ0v) is 18.3. The number of hydrogen-bond acceptors (Lipinski definition) is 7. The summed E-state index contributed by atoms with van der Waals surface area (Å²) >= 11 is 0. The quantitative estimate of drug-likeness (QED) is 0.253. The van der Waals surface area contributed by atoms with E-state index in [1.165, 1.54) is 4.90 Å². The van der Waals surface area contributed by atoms with Crippen molar-refractivity contribution in [1.82, 2.24) is 4.90 Å². The third kappa shape index (κ3) is 9.89. The van der Waals surface area contributed by atoms with Gasteiger partial charge in [-0.05, 0) is 24.3 Å². The fourth-order valence-corrected chi connectivity index (χ4v) is 3.40. The molecule has 0 radical (unpaired) electrons. The Balaban J connectivity index is 0.00000364. The minimum Gasteiger partial charge on any atom is -0.725 e. The molecule has 2 rings (SSSR count). The summed E-state index contributed by atoms with van der Waals surface area (Å²) in [6.45, 7) is -0.0871. The maximum absolute atomic E-state index is 12.4. The van der Waals surface area contributed by atoms with Crippen LogP contribution < -0.4 is 29.6 Å². The zero-order chi connectivity index (χ0) is 19.0. The van der Waals surface area contributed by atoms with Crippen molar-refractivity contribution in [2.24, 2.45) is 5.92 Å². The topological polar surface area (TPSA) is 116 Å². The van der Waals surface area contributed by atoms with Gasteiger partial charge in [0.2, 0.25) is 10.4 Å². The second-order valence-corrected chi connectivity index (χ2v) is 7.42. The number of carbonyl (C=O) groups excluding carboxylic acids is 1. The molecule has 0 heterocycles. The monoisotopic (exact) mass is 409 g/mol. The summed E-state index contributed by atoms with van der Waals surface area (Å²) in [6.07, 6.45) is 2.54. The number of carbonyl (C=O) groups is 1. The van der Waals surface area contributed by atoms with Gasteiger partial charge in [0, 0.05) is 6.54 Å². The van der Waals surface area contributed by atoms with E-state index in [1.54, 1.807) is 12.1 Å². The Morgan fingerprint density at radius 3 is 2.44 bits per heavy atom. The number of benzene rings is 1. The molecule has 0 saturated heterocycles. The summed E-state index contributed by atoms with van der Waals surface area (Å²) in [4.78, 5) is 13.6. The van der Waals surface area contributed by atoms with Crippen molar-refractivity contribution in [2.45, 2.75) is 45.0 Å². The minimum absolute atomic E-state index is 0. The van der Waals surface area contributed by atoms with Crippen molar-refractivity contribution >= 4 is 16.5 Å². The largest absolute Gasteiger partial charge is 1.00 e. The molecule has 1 aromatic carbocycles. The van der Waals surface area contributed by atoms with E-state index in [9.17, 15) is 22.9 Å². The van der Waals surface area contributed by atoms with Crippen LogP contribution in [0.4, 0.5) is 4.79 Å². The summed E-state index contributed by atoms with van der Waals surface area (Å²) in [7, 11) is -5.06. The number of ether oxygens (including phenoxy) is 1. The predicted molar refractivity (Wildman–Crippen MR) is 91.6 cm³/mol. The van der Waals surface area contributed by atoms with E-state index in [1.807, 2.05) is 18.2 Å². The van der Waals surface area contributed by atoms with Gasteiger partial charge in [0.25, 0.3) is 0 Å². The smallest absolute Gasteiger partial charge is 0.725 e. The van der Waals surface area contributed by atoms with Gasteiger partial charge in [-0.1, -0.05) is 49.6 Å². The van der Waals surface area contributed by atoms with E-state index < -0.39 is 29.3 Å². The minimum atomic E-state index is -5.06. The van der Waals surface area contributed by atoms with E-state index in [2.05, 4.69) is 4.18 Å². The van der Waals surface area contributed by atoms with Gasteiger partial charge >= 0.3 is 35.7 Å². The van der Waals surface area contributed by atoms with Crippen molar-refractivity contribution in [2.75, 3.05) is 13.1 Å². The molecule has 1 unspecified atom stereocenters. The van der Waals surface area contributed by atoms with Gasteiger partial charge < -0.3 is 19.3 Å². The van der Waals surface area contributed by atoms with Gasteiger partial charge in [-0.15, -0.1) is 0 Å². The van der Waals surface area contributed by atoms with E-state index >= 15 is 0 Å². The molecular formula is C17H24NNaO7S. The first-order valence-electron chi connectivity index (χ1n) is 8.61. The molecule has 8 nitrogen and oxygen atoms in total. The Bertz CT molecular complexity index is 665. The van der Waals surface area contributed by atoms with Crippen LogP contribution in [-0.2, 0) is 25.9 Å². The molecule has 1 aliphatic carbocycles. The average molecular weight is 409 g/mol. The first kappa shape index (κ1) is 24.4. The van der Waals surface area contributed by atoms with Crippen LogP contribution in [0.25, 0.3) is 0 Å². The molecule has 1 amide bonds. The Morgan fingerprint density at radius 1 is 1.22 bits per heavy atom. The Labute approximate surface area is 182 Å². The molecule has 146 valence electrons. The molecule has 1 aliphatic rings. The average Bonchev–Trinajstić information content (AvgIpc) is 2.59. The number of hydrogen-bond donors (Lipinski definition) is 1. The molecule has 1 atom stereocenters. The molecule has 27 heavy (non-hydrogen) atoms. The standard InChI is InChI=1S/C17H25NO7S.Na/c19-16(25-26(21,22)23)12-18(11-14-7-3-1-4-8-14)17(20)24-13-15-9-5-2-6-10-15;/h2,5-6,9-10,14,16,19H,1,3-4,7-8,11-13H2,(H,21,22,23);/q;+1/p-1. The molecule has 10 heteroatoms. The van der Waals surface area contributed by atoms with E-state index in [4.69, 9.17) is 4.74 Å². The fourth-order valence-electron chi connectivity index (χ4n) is 3.07. The van der Waals surface area contributed by atoms with Crippen LogP contribution in [0.5, 0.6) is 0 Å². The van der Waals surface area contributed by atoms with Gasteiger partial charge in [-0.2, -0.15) is 0 Å². The fraction of sp³-hybridized carbons (Fsp3) is 0.588. The molecule has 1 aromatic rings. The second-order valence-electron chi connectivity index (χ2n) is 6.41. The number of nitrogens with zero attached hydrogens (tertiary/aromatic N) is 1. The van der Waals surface area contributed by atoms with Gasteiger partial charge in [-0.25, -0.2) is 17.4 Å². The number of aliphatic hydroxyl groups excluding tert-OH is 1. The number of aliphatic hydroxyl groups is 1. The zero-order valence-electron chi connectivity index (χ0n) is 15.5. The van der Waals surface area contributed by atoms with E-state index in [0.29, 0.717) is 6.54 Å². The van der Waals surface area contributed by atoms with Crippen molar-refractivity contribution in [3.05, 3.63) is 35.9 Å². The van der Waals surface area contributed by atoms with Crippen LogP contribution in [0.3, 0.4) is 0 Å². The van der Waals surface area contributed by atoms with Crippen molar-refractivity contribution in [3.63, 3.8) is 0 Å². The number of rotatable bonds is 8. The molecule has 0 aliphatic heterocycles. The van der Waals surface area contributed by atoms with Crippen LogP contribution in [0.15, 0.2) is 30.3 Å².